The van der Waals surface area contributed by atoms with E-state index in [-0.39, 0.29) is 21.7 Å². The first-order chi connectivity index (χ1) is 16.6. The van der Waals surface area contributed by atoms with E-state index in [4.69, 9.17) is 0 Å². The first kappa shape index (κ1) is 23.9. The molecule has 3 N–H and O–H groups in total. The van der Waals surface area contributed by atoms with Crippen LogP contribution in [0.1, 0.15) is 27.2 Å². The van der Waals surface area contributed by atoms with Crippen molar-refractivity contribution in [3.63, 3.8) is 0 Å². The first-order valence-corrected chi connectivity index (χ1v) is 12.3. The fourth-order valence-corrected chi connectivity index (χ4v) is 5.04. The molecule has 0 saturated carbocycles. The molecule has 4 rings (SSSR count). The molecule has 0 aliphatic rings. The lowest BCUT2D eigenvalue weighted by Crippen LogP contribution is -2.19. The number of sulfonamides is 1. The summed E-state index contributed by atoms with van der Waals surface area (Å²) >= 11 is 0. The second-order valence-corrected chi connectivity index (χ2v) is 9.84. The van der Waals surface area contributed by atoms with Gasteiger partial charge in [-0.05, 0) is 62.2 Å². The Balaban J connectivity index is 1.61. The molecule has 0 spiro atoms. The van der Waals surface area contributed by atoms with Gasteiger partial charge in [0.15, 0.2) is 0 Å². The molecule has 0 bridgehead atoms. The number of hydrogen-bond donors (Lipinski definition) is 3. The Kier molecular flexibility index (Phi) is 6.52. The Morgan fingerprint density at radius 1 is 0.914 bits per heavy atom. The molecule has 1 amide bonds. The number of nitrogens with one attached hydrogen (secondary N) is 3. The zero-order valence-corrected chi connectivity index (χ0v) is 20.2. The lowest BCUT2D eigenvalue weighted by Gasteiger charge is -2.14. The van der Waals surface area contributed by atoms with Crippen molar-refractivity contribution in [2.75, 3.05) is 10.0 Å². The van der Waals surface area contributed by atoms with Crippen LogP contribution < -0.4 is 15.6 Å². The van der Waals surface area contributed by atoms with Gasteiger partial charge in [-0.1, -0.05) is 36.4 Å². The second-order valence-electron chi connectivity index (χ2n) is 8.19. The molecule has 9 heteroatoms. The highest BCUT2D eigenvalue weighted by Crippen LogP contribution is 2.25. The van der Waals surface area contributed by atoms with Crippen LogP contribution in [-0.2, 0) is 10.0 Å². The maximum Gasteiger partial charge on any atom is 0.262 e. The average molecular weight is 489 g/mol. The van der Waals surface area contributed by atoms with Crippen molar-refractivity contribution in [3.8, 4) is 11.4 Å². The minimum atomic E-state index is -3.92. The second kappa shape index (κ2) is 9.55. The number of aryl methyl sites for hydroxylation is 3. The van der Waals surface area contributed by atoms with Gasteiger partial charge in [-0.2, -0.15) is 0 Å². The molecule has 3 aromatic carbocycles. The van der Waals surface area contributed by atoms with Crippen LogP contribution in [0, 0.1) is 20.8 Å². The number of carbonyl (C=O) groups excluding carboxylic acids is 1. The standard InChI is InChI=1S/C26H24N4O4S/c1-16-11-12-17(2)23(13-16)35(33,34)30-22-10-5-4-9-21(22)26(32)28-20-8-6-7-19(15-20)25-27-18(3)14-24(31)29-25/h4-15,30H,1-3H3,(H,28,32)(H,27,29,31). The van der Waals surface area contributed by atoms with E-state index in [1.54, 1.807) is 68.4 Å². The van der Waals surface area contributed by atoms with Crippen molar-refractivity contribution < 1.29 is 13.2 Å². The number of benzene rings is 3. The smallest absolute Gasteiger partial charge is 0.262 e. The van der Waals surface area contributed by atoms with Crippen LogP contribution in [0.25, 0.3) is 11.4 Å². The van der Waals surface area contributed by atoms with Gasteiger partial charge in [0.2, 0.25) is 0 Å². The molecule has 35 heavy (non-hydrogen) atoms. The van der Waals surface area contributed by atoms with Crippen LogP contribution in [0.15, 0.2) is 82.5 Å². The maximum atomic E-state index is 13.1. The van der Waals surface area contributed by atoms with E-state index in [2.05, 4.69) is 20.0 Å². The highest BCUT2D eigenvalue weighted by molar-refractivity contribution is 7.92. The van der Waals surface area contributed by atoms with E-state index in [1.165, 1.54) is 12.1 Å². The Hall–Kier alpha value is -4.24. The van der Waals surface area contributed by atoms with Gasteiger partial charge < -0.3 is 10.3 Å². The first-order valence-electron chi connectivity index (χ1n) is 10.8. The average Bonchev–Trinajstić information content (AvgIpc) is 2.80. The van der Waals surface area contributed by atoms with E-state index in [9.17, 15) is 18.0 Å². The summed E-state index contributed by atoms with van der Waals surface area (Å²) in [5.41, 5.74) is 3.11. The normalized spacial score (nSPS) is 11.2. The molecule has 0 fully saturated rings. The summed E-state index contributed by atoms with van der Waals surface area (Å²) in [7, 11) is -3.92. The molecule has 8 nitrogen and oxygen atoms in total. The summed E-state index contributed by atoms with van der Waals surface area (Å²) in [5.74, 6) is -0.111. The molecule has 0 saturated heterocycles. The van der Waals surface area contributed by atoms with Crippen molar-refractivity contribution in [1.29, 1.82) is 0 Å². The zero-order chi connectivity index (χ0) is 25.2. The van der Waals surface area contributed by atoms with Gasteiger partial charge in [0.25, 0.3) is 21.5 Å². The third kappa shape index (κ3) is 5.47. The Morgan fingerprint density at radius 3 is 2.46 bits per heavy atom. The van der Waals surface area contributed by atoms with Crippen LogP contribution in [-0.4, -0.2) is 24.3 Å². The number of rotatable bonds is 6. The molecular formula is C26H24N4O4S. The molecule has 4 aromatic rings. The largest absolute Gasteiger partial charge is 0.322 e. The van der Waals surface area contributed by atoms with Gasteiger partial charge in [-0.3, -0.25) is 14.3 Å². The summed E-state index contributed by atoms with van der Waals surface area (Å²) < 4.78 is 28.7. The quantitative estimate of drug-likeness (QED) is 0.371. The summed E-state index contributed by atoms with van der Waals surface area (Å²) in [6.07, 6.45) is 0. The summed E-state index contributed by atoms with van der Waals surface area (Å²) in [5, 5.41) is 2.79. The third-order valence-electron chi connectivity index (χ3n) is 5.31. The molecule has 1 aromatic heterocycles. The number of carbonyl (C=O) groups is 1. The zero-order valence-electron chi connectivity index (χ0n) is 19.4. The van der Waals surface area contributed by atoms with E-state index in [0.717, 1.165) is 5.56 Å². The topological polar surface area (TPSA) is 121 Å². The van der Waals surface area contributed by atoms with Crippen molar-refractivity contribution in [3.05, 3.63) is 106 Å². The minimum absolute atomic E-state index is 0.153. The van der Waals surface area contributed by atoms with Gasteiger partial charge in [0, 0.05) is 23.0 Å². The third-order valence-corrected chi connectivity index (χ3v) is 6.82. The number of para-hydroxylation sites is 1. The Bertz CT molecular complexity index is 1590. The monoisotopic (exact) mass is 488 g/mol. The number of anilines is 2. The van der Waals surface area contributed by atoms with Gasteiger partial charge in [0.05, 0.1) is 16.1 Å². The molecular weight excluding hydrogens is 464 g/mol. The van der Waals surface area contributed by atoms with Crippen molar-refractivity contribution in [2.24, 2.45) is 0 Å². The molecule has 0 aliphatic heterocycles. The maximum absolute atomic E-state index is 13.1. The highest BCUT2D eigenvalue weighted by atomic mass is 32.2. The molecule has 0 atom stereocenters. The predicted molar refractivity (Wildman–Crippen MR) is 136 cm³/mol. The van der Waals surface area contributed by atoms with E-state index in [1.807, 2.05) is 13.0 Å². The molecule has 1 heterocycles. The molecule has 178 valence electrons. The van der Waals surface area contributed by atoms with Gasteiger partial charge >= 0.3 is 0 Å². The lowest BCUT2D eigenvalue weighted by molar-refractivity contribution is 0.102. The van der Waals surface area contributed by atoms with E-state index < -0.39 is 15.9 Å². The Morgan fingerprint density at radius 2 is 1.69 bits per heavy atom. The minimum Gasteiger partial charge on any atom is -0.322 e. The molecule has 0 radical (unpaired) electrons. The molecule has 0 unspecified atom stereocenters. The number of H-pyrrole nitrogens is 1. The summed E-state index contributed by atoms with van der Waals surface area (Å²) in [6, 6.07) is 19.8. The van der Waals surface area contributed by atoms with Crippen LogP contribution >= 0.6 is 0 Å². The van der Waals surface area contributed by atoms with Crippen molar-refractivity contribution in [2.45, 2.75) is 25.7 Å². The SMILES string of the molecule is Cc1ccc(C)c(S(=O)(=O)Nc2ccccc2C(=O)Nc2cccc(-c3nc(C)cc(=O)[nH]3)c2)c1. The van der Waals surface area contributed by atoms with Crippen LogP contribution in [0.4, 0.5) is 11.4 Å². The lowest BCUT2D eigenvalue weighted by atomic mass is 10.1. The van der Waals surface area contributed by atoms with Crippen LogP contribution in [0.5, 0.6) is 0 Å². The fraction of sp³-hybridized carbons (Fsp3) is 0.115. The van der Waals surface area contributed by atoms with Gasteiger partial charge in [0.1, 0.15) is 5.82 Å². The van der Waals surface area contributed by atoms with Crippen LogP contribution in [0.2, 0.25) is 0 Å². The van der Waals surface area contributed by atoms with Gasteiger partial charge in [-0.25, -0.2) is 13.4 Å². The Labute approximate surface area is 203 Å². The highest BCUT2D eigenvalue weighted by Gasteiger charge is 2.21. The molecule has 0 aliphatic carbocycles. The number of aromatic amines is 1. The predicted octanol–water partition coefficient (Wildman–Crippen LogP) is 4.42. The van der Waals surface area contributed by atoms with Crippen LogP contribution in [0.3, 0.4) is 0 Å². The van der Waals surface area contributed by atoms with E-state index >= 15 is 0 Å². The fourth-order valence-electron chi connectivity index (χ4n) is 3.63. The summed E-state index contributed by atoms with van der Waals surface area (Å²) in [6.45, 7) is 5.26. The van der Waals surface area contributed by atoms with Crippen molar-refractivity contribution >= 4 is 27.3 Å². The van der Waals surface area contributed by atoms with Gasteiger partial charge in [-0.15, -0.1) is 0 Å². The summed E-state index contributed by atoms with van der Waals surface area (Å²) in [4.78, 5) is 32.1. The number of amides is 1. The number of aromatic nitrogens is 2. The number of nitrogens with zero attached hydrogens (tertiary/aromatic N) is 1. The number of hydrogen-bond acceptors (Lipinski definition) is 5. The van der Waals surface area contributed by atoms with E-state index in [0.29, 0.717) is 28.3 Å². The van der Waals surface area contributed by atoms with Crippen molar-refractivity contribution in [1.82, 2.24) is 9.97 Å².